The van der Waals surface area contributed by atoms with Crippen molar-refractivity contribution in [3.63, 3.8) is 0 Å². The maximum Gasteiger partial charge on any atom is 0.531 e. The van der Waals surface area contributed by atoms with Gasteiger partial charge in [0.05, 0.1) is 18.8 Å². The molecule has 1 aliphatic heterocycles. The molecule has 1 aromatic carbocycles. The molecule has 1 amide bonds. The predicted molar refractivity (Wildman–Crippen MR) is 136 cm³/mol. The van der Waals surface area contributed by atoms with Crippen LogP contribution in [0, 0.1) is 5.92 Å². The number of hydrogen-bond acceptors (Lipinski definition) is 8. The number of nitrogens with one attached hydrogen (secondary N) is 1. The van der Waals surface area contributed by atoms with Crippen LogP contribution >= 0.6 is 0 Å². The molecule has 1 N–H and O–H groups in total. The van der Waals surface area contributed by atoms with Gasteiger partial charge in [0.2, 0.25) is 0 Å². The monoisotopic (exact) mass is 494 g/mol. The van der Waals surface area contributed by atoms with Gasteiger partial charge in [0, 0.05) is 37.3 Å². The highest BCUT2D eigenvalue weighted by Gasteiger charge is 2.39. The molecule has 0 bridgehead atoms. The number of amides is 1. The van der Waals surface area contributed by atoms with Crippen LogP contribution in [0.1, 0.15) is 49.7 Å². The van der Waals surface area contributed by atoms with Crippen molar-refractivity contribution in [3.05, 3.63) is 60.2 Å². The van der Waals surface area contributed by atoms with E-state index in [1.54, 1.807) is 0 Å². The molecule has 1 saturated heterocycles. The highest BCUT2D eigenvalue weighted by atomic mass is 16.6. The maximum atomic E-state index is 13.6. The Labute approximate surface area is 213 Å². The van der Waals surface area contributed by atoms with E-state index in [1.807, 2.05) is 49.2 Å². The summed E-state index contributed by atoms with van der Waals surface area (Å²) >= 11 is 0. The van der Waals surface area contributed by atoms with Crippen LogP contribution in [0.15, 0.2) is 48.9 Å². The van der Waals surface area contributed by atoms with Gasteiger partial charge in [0.1, 0.15) is 5.69 Å². The zero-order valence-electron chi connectivity index (χ0n) is 21.4. The van der Waals surface area contributed by atoms with E-state index in [2.05, 4.69) is 29.1 Å². The largest absolute Gasteiger partial charge is 0.531 e. The van der Waals surface area contributed by atoms with Crippen LogP contribution in [-0.4, -0.2) is 71.9 Å². The number of ketones is 1. The van der Waals surface area contributed by atoms with Crippen molar-refractivity contribution >= 4 is 24.8 Å². The normalized spacial score (nSPS) is 18.6. The lowest BCUT2D eigenvalue weighted by Gasteiger charge is -2.32. The molecule has 0 spiro atoms. The Morgan fingerprint density at radius 1 is 1.22 bits per heavy atom. The second-order valence-corrected chi connectivity index (χ2v) is 9.82. The van der Waals surface area contributed by atoms with Gasteiger partial charge < -0.3 is 14.6 Å². The summed E-state index contributed by atoms with van der Waals surface area (Å²) in [6, 6.07) is 8.76. The molecular weight excluding hydrogens is 459 g/mol. The Morgan fingerprint density at radius 3 is 2.64 bits per heavy atom. The highest BCUT2D eigenvalue weighted by molar-refractivity contribution is 6.49. The molecule has 3 rings (SSSR count). The van der Waals surface area contributed by atoms with Gasteiger partial charge in [-0.2, -0.15) is 0 Å². The lowest BCUT2D eigenvalue weighted by molar-refractivity contribution is -0.139. The number of nitrogens with zero attached hydrogens (tertiary/aromatic N) is 3. The summed E-state index contributed by atoms with van der Waals surface area (Å²) in [5.74, 6) is -1.11. The van der Waals surface area contributed by atoms with E-state index in [9.17, 15) is 14.4 Å². The molecule has 0 saturated carbocycles. The summed E-state index contributed by atoms with van der Waals surface area (Å²) in [4.78, 5) is 48.8. The molecule has 1 fully saturated rings. The van der Waals surface area contributed by atoms with Gasteiger partial charge in [0.25, 0.3) is 5.91 Å². The standard InChI is InChI=1S/C26H35BN4O5/c1-18(2)12-21(27-35-17-19(3)31(4)16-25(33)36-27)14-24(32)22(13-20-8-6-5-7-9-20)30-26(34)23-15-28-10-11-29-23/h5-11,15,18-19,21-22H,12-14,16-17H2,1-4H3,(H,30,34)/t19-,21+,22-/m0/s1. The molecule has 0 radical (unpaired) electrons. The molecule has 192 valence electrons. The molecule has 1 aliphatic rings. The molecule has 2 aromatic rings. The minimum atomic E-state index is -0.826. The first-order chi connectivity index (χ1) is 17.2. The van der Waals surface area contributed by atoms with Gasteiger partial charge >= 0.3 is 13.1 Å². The molecule has 10 heteroatoms. The Bertz CT molecular complexity index is 1010. The zero-order chi connectivity index (χ0) is 26.1. The fourth-order valence-corrected chi connectivity index (χ4v) is 4.19. The van der Waals surface area contributed by atoms with Crippen LogP contribution in [0.5, 0.6) is 0 Å². The average Bonchev–Trinajstić information content (AvgIpc) is 2.85. The third kappa shape index (κ3) is 8.24. The second-order valence-electron chi connectivity index (χ2n) is 9.82. The van der Waals surface area contributed by atoms with Crippen LogP contribution in [0.3, 0.4) is 0 Å². The van der Waals surface area contributed by atoms with Crippen LogP contribution in [0.25, 0.3) is 0 Å². The fourth-order valence-electron chi connectivity index (χ4n) is 4.19. The molecular formula is C26H35BN4O5. The molecule has 3 atom stereocenters. The number of Topliss-reactive ketones (excluding diaryl/α,β-unsaturated/α-hetero) is 1. The maximum absolute atomic E-state index is 13.6. The summed E-state index contributed by atoms with van der Waals surface area (Å²) < 4.78 is 11.7. The first-order valence-corrected chi connectivity index (χ1v) is 12.4. The minimum absolute atomic E-state index is 0.0350. The van der Waals surface area contributed by atoms with Crippen LogP contribution < -0.4 is 5.32 Å². The zero-order valence-corrected chi connectivity index (χ0v) is 21.4. The van der Waals surface area contributed by atoms with Gasteiger partial charge in [-0.3, -0.25) is 24.3 Å². The quantitative estimate of drug-likeness (QED) is 0.502. The van der Waals surface area contributed by atoms with Crippen molar-refractivity contribution in [1.29, 1.82) is 0 Å². The molecule has 2 heterocycles. The van der Waals surface area contributed by atoms with Crippen molar-refractivity contribution < 1.29 is 23.7 Å². The predicted octanol–water partition coefficient (Wildman–Crippen LogP) is 2.58. The van der Waals surface area contributed by atoms with E-state index < -0.39 is 19.1 Å². The highest BCUT2D eigenvalue weighted by Crippen LogP contribution is 2.28. The van der Waals surface area contributed by atoms with E-state index in [0.717, 1.165) is 5.56 Å². The lowest BCUT2D eigenvalue weighted by atomic mass is 9.64. The molecule has 1 aromatic heterocycles. The van der Waals surface area contributed by atoms with Gasteiger partial charge in [0.15, 0.2) is 5.78 Å². The third-order valence-corrected chi connectivity index (χ3v) is 6.28. The number of aromatic nitrogens is 2. The molecule has 9 nitrogen and oxygen atoms in total. The van der Waals surface area contributed by atoms with E-state index in [4.69, 9.17) is 9.31 Å². The molecule has 0 unspecified atom stereocenters. The third-order valence-electron chi connectivity index (χ3n) is 6.28. The smallest absolute Gasteiger partial charge is 0.508 e. The van der Waals surface area contributed by atoms with E-state index >= 15 is 0 Å². The minimum Gasteiger partial charge on any atom is -0.508 e. The van der Waals surface area contributed by atoms with Crippen molar-refractivity contribution in [2.45, 2.75) is 57.9 Å². The number of carbonyl (C=O) groups excluding carboxylic acids is 3. The van der Waals surface area contributed by atoms with Crippen LogP contribution in [0.2, 0.25) is 5.82 Å². The number of likely N-dealkylation sites (N-methyl/N-ethyl adjacent to an activating group) is 1. The lowest BCUT2D eigenvalue weighted by Crippen LogP contribution is -2.47. The van der Waals surface area contributed by atoms with Crippen molar-refractivity contribution in [1.82, 2.24) is 20.2 Å². The van der Waals surface area contributed by atoms with Gasteiger partial charge in [-0.05, 0) is 38.3 Å². The van der Waals surface area contributed by atoms with Crippen molar-refractivity contribution in [3.8, 4) is 0 Å². The van der Waals surface area contributed by atoms with Crippen LogP contribution in [-0.2, 0) is 25.3 Å². The number of hydrogen-bond donors (Lipinski definition) is 1. The Balaban J connectivity index is 1.80. The fraction of sp³-hybridized carbons (Fsp3) is 0.500. The van der Waals surface area contributed by atoms with E-state index in [-0.39, 0.29) is 48.2 Å². The number of benzene rings is 1. The Kier molecular flexibility index (Phi) is 10.1. The van der Waals surface area contributed by atoms with Crippen molar-refractivity contribution in [2.24, 2.45) is 5.92 Å². The Hall–Kier alpha value is -3.11. The number of rotatable bonds is 10. The van der Waals surface area contributed by atoms with Crippen molar-refractivity contribution in [2.75, 3.05) is 20.2 Å². The topological polar surface area (TPSA) is 111 Å². The number of carbonyl (C=O) groups is 3. The van der Waals surface area contributed by atoms with Gasteiger partial charge in [-0.1, -0.05) is 44.2 Å². The molecule has 0 aliphatic carbocycles. The first kappa shape index (κ1) is 27.5. The summed E-state index contributed by atoms with van der Waals surface area (Å²) in [6.45, 7) is 6.63. The van der Waals surface area contributed by atoms with Gasteiger partial charge in [-0.15, -0.1) is 0 Å². The van der Waals surface area contributed by atoms with E-state index in [0.29, 0.717) is 19.4 Å². The summed E-state index contributed by atoms with van der Waals surface area (Å²) in [7, 11) is 1.02. The summed E-state index contributed by atoms with van der Waals surface area (Å²) in [5, 5.41) is 2.84. The Morgan fingerprint density at radius 2 is 1.97 bits per heavy atom. The SMILES string of the molecule is CC(C)C[C@H](CC(=O)[C@H](Cc1ccccc1)NC(=O)c1cnccn1)B1OC[C@H](C)N(C)CC(=O)O1. The molecule has 36 heavy (non-hydrogen) atoms. The summed E-state index contributed by atoms with van der Waals surface area (Å²) in [5.41, 5.74) is 1.05. The van der Waals surface area contributed by atoms with Crippen LogP contribution in [0.4, 0.5) is 0 Å². The van der Waals surface area contributed by atoms with Gasteiger partial charge in [-0.25, -0.2) is 4.98 Å². The average molecular weight is 494 g/mol. The summed E-state index contributed by atoms with van der Waals surface area (Å²) in [6.07, 6.45) is 5.33. The van der Waals surface area contributed by atoms with E-state index in [1.165, 1.54) is 18.6 Å². The first-order valence-electron chi connectivity index (χ1n) is 12.4. The second kappa shape index (κ2) is 13.3.